The molecule has 0 unspecified atom stereocenters. The lowest BCUT2D eigenvalue weighted by Gasteiger charge is -2.02. The number of hydrogen-bond donors (Lipinski definition) is 4. The van der Waals surface area contributed by atoms with Crippen LogP contribution in [0.5, 0.6) is 0 Å². The number of aliphatic imine (C=N–C) groups is 1. The van der Waals surface area contributed by atoms with Crippen LogP contribution in [-0.4, -0.2) is 40.0 Å². The molecule has 0 fully saturated rings. The number of carbonyl (C=O) groups is 2. The van der Waals surface area contributed by atoms with Crippen LogP contribution in [0.3, 0.4) is 0 Å². The van der Waals surface area contributed by atoms with Crippen LogP contribution in [0.15, 0.2) is 10.4 Å². The number of thioether (sulfide) groups is 1. The van der Waals surface area contributed by atoms with Crippen LogP contribution in [0.25, 0.3) is 0 Å². The van der Waals surface area contributed by atoms with E-state index in [1.54, 1.807) is 5.38 Å². The number of ketones is 1. The van der Waals surface area contributed by atoms with Crippen molar-refractivity contribution < 1.29 is 9.59 Å². The summed E-state index contributed by atoms with van der Waals surface area (Å²) in [5.74, 6) is -0.493. The van der Waals surface area contributed by atoms with E-state index in [0.29, 0.717) is 5.13 Å². The van der Waals surface area contributed by atoms with Gasteiger partial charge in [-0.15, -0.1) is 23.1 Å². The van der Waals surface area contributed by atoms with E-state index in [-0.39, 0.29) is 40.7 Å². The second kappa shape index (κ2) is 7.60. The van der Waals surface area contributed by atoms with Gasteiger partial charge in [0.1, 0.15) is 5.69 Å². The Morgan fingerprint density at radius 3 is 2.85 bits per heavy atom. The van der Waals surface area contributed by atoms with E-state index in [2.05, 4.69) is 15.3 Å². The lowest BCUT2D eigenvalue weighted by Crippen LogP contribution is -2.25. The highest BCUT2D eigenvalue weighted by molar-refractivity contribution is 8.14. The maximum absolute atomic E-state index is 11.8. The van der Waals surface area contributed by atoms with E-state index < -0.39 is 0 Å². The van der Waals surface area contributed by atoms with Crippen LogP contribution >= 0.6 is 23.1 Å². The molecule has 0 aromatic carbocycles. The number of nitrogens with zero attached hydrogens (tertiary/aromatic N) is 2. The van der Waals surface area contributed by atoms with Gasteiger partial charge in [-0.2, -0.15) is 4.99 Å². The molecule has 0 saturated heterocycles. The van der Waals surface area contributed by atoms with Gasteiger partial charge in [-0.25, -0.2) is 4.98 Å². The van der Waals surface area contributed by atoms with Crippen molar-refractivity contribution >= 4 is 50.9 Å². The number of aromatic nitrogens is 1. The molecule has 108 valence electrons. The molecular formula is C10H14N6O2S2. The molecule has 0 aliphatic rings. The van der Waals surface area contributed by atoms with Gasteiger partial charge in [0.15, 0.2) is 11.7 Å². The molecule has 10 heteroatoms. The first-order chi connectivity index (χ1) is 9.38. The fourth-order valence-corrected chi connectivity index (χ4v) is 2.37. The smallest absolute Gasteiger partial charge is 0.217 e. The summed E-state index contributed by atoms with van der Waals surface area (Å²) in [6, 6.07) is 0. The molecular weight excluding hydrogens is 300 g/mol. The molecule has 0 aliphatic heterocycles. The zero-order chi connectivity index (χ0) is 15.1. The van der Waals surface area contributed by atoms with Gasteiger partial charge in [0.2, 0.25) is 11.0 Å². The van der Waals surface area contributed by atoms with Crippen LogP contribution in [0, 0.1) is 5.41 Å². The first kappa shape index (κ1) is 16.1. The summed E-state index contributed by atoms with van der Waals surface area (Å²) in [6.45, 7) is 1.48. The van der Waals surface area contributed by atoms with E-state index >= 15 is 0 Å². The van der Waals surface area contributed by atoms with Crippen molar-refractivity contribution in [2.24, 2.45) is 16.5 Å². The normalized spacial score (nSPS) is 9.85. The molecule has 0 bridgehead atoms. The number of rotatable bonds is 6. The number of nitrogens with two attached hydrogens (primary N) is 2. The Balaban J connectivity index is 2.47. The van der Waals surface area contributed by atoms with Gasteiger partial charge in [0.05, 0.1) is 17.3 Å². The molecule has 8 nitrogen and oxygen atoms in total. The highest BCUT2D eigenvalue weighted by Gasteiger charge is 2.12. The SMILES string of the molecule is CC(=O)NCC(=N)SCC(=O)c1csc(N=C(N)N)n1. The molecule has 1 heterocycles. The number of thiazole rings is 1. The molecule has 0 radical (unpaired) electrons. The van der Waals surface area contributed by atoms with Gasteiger partial charge in [0, 0.05) is 12.3 Å². The fraction of sp³-hybridized carbons (Fsp3) is 0.300. The monoisotopic (exact) mass is 314 g/mol. The quantitative estimate of drug-likeness (QED) is 0.332. The standard InChI is InChI=1S/C10H14N6O2S2/c1-5(17)14-2-8(11)19-4-7(18)6-3-20-10(15-6)16-9(12)13/h3,11H,2,4H2,1H3,(H,14,17)(H4,12,13,15,16). The Bertz CT molecular complexity index is 550. The lowest BCUT2D eigenvalue weighted by molar-refractivity contribution is -0.118. The first-order valence-corrected chi connectivity index (χ1v) is 7.28. The van der Waals surface area contributed by atoms with Gasteiger partial charge in [0.25, 0.3) is 0 Å². The first-order valence-electron chi connectivity index (χ1n) is 5.41. The van der Waals surface area contributed by atoms with Gasteiger partial charge >= 0.3 is 0 Å². The predicted molar refractivity (Wildman–Crippen MR) is 80.8 cm³/mol. The van der Waals surface area contributed by atoms with Crippen molar-refractivity contribution in [1.82, 2.24) is 10.3 Å². The maximum atomic E-state index is 11.8. The largest absolute Gasteiger partial charge is 0.370 e. The van der Waals surface area contributed by atoms with E-state index in [1.165, 1.54) is 6.92 Å². The zero-order valence-corrected chi connectivity index (χ0v) is 12.3. The van der Waals surface area contributed by atoms with Crippen LogP contribution in [0.1, 0.15) is 17.4 Å². The van der Waals surface area contributed by atoms with Gasteiger partial charge in [-0.05, 0) is 0 Å². The summed E-state index contributed by atoms with van der Waals surface area (Å²) in [6.07, 6.45) is 0. The number of guanidine groups is 1. The highest BCUT2D eigenvalue weighted by Crippen LogP contribution is 2.19. The number of carbonyl (C=O) groups excluding carboxylic acids is 2. The van der Waals surface area contributed by atoms with Gasteiger partial charge < -0.3 is 16.8 Å². The van der Waals surface area contributed by atoms with E-state index in [0.717, 1.165) is 23.1 Å². The second-order valence-corrected chi connectivity index (χ2v) is 5.50. The molecule has 20 heavy (non-hydrogen) atoms. The third-order valence-corrected chi connectivity index (χ3v) is 3.51. The van der Waals surface area contributed by atoms with Crippen molar-refractivity contribution in [3.8, 4) is 0 Å². The summed E-state index contributed by atoms with van der Waals surface area (Å²) in [5, 5.41) is 12.1. The average Bonchev–Trinajstić information content (AvgIpc) is 2.81. The minimum atomic E-state index is -0.226. The Kier molecular flexibility index (Phi) is 6.12. The Morgan fingerprint density at radius 1 is 1.55 bits per heavy atom. The Hall–Kier alpha value is -1.94. The molecule has 1 aromatic heterocycles. The Morgan fingerprint density at radius 2 is 2.25 bits per heavy atom. The summed E-state index contributed by atoms with van der Waals surface area (Å²) in [5.41, 5.74) is 10.7. The summed E-state index contributed by atoms with van der Waals surface area (Å²) in [4.78, 5) is 30.2. The van der Waals surface area contributed by atoms with Crippen molar-refractivity contribution in [3.63, 3.8) is 0 Å². The average molecular weight is 314 g/mol. The Labute approximate surface area is 123 Å². The third kappa shape index (κ3) is 5.80. The summed E-state index contributed by atoms with van der Waals surface area (Å²) < 4.78 is 0. The van der Waals surface area contributed by atoms with Crippen LogP contribution < -0.4 is 16.8 Å². The molecule has 1 rings (SSSR count). The molecule has 0 aliphatic carbocycles. The minimum Gasteiger partial charge on any atom is -0.370 e. The zero-order valence-electron chi connectivity index (χ0n) is 10.7. The van der Waals surface area contributed by atoms with E-state index in [9.17, 15) is 9.59 Å². The summed E-state index contributed by atoms with van der Waals surface area (Å²) >= 11 is 2.20. The van der Waals surface area contributed by atoms with Crippen LogP contribution in [0.2, 0.25) is 0 Å². The number of Topliss-reactive ketones (excluding diaryl/α,β-unsaturated/α-hetero) is 1. The van der Waals surface area contributed by atoms with Crippen molar-refractivity contribution in [3.05, 3.63) is 11.1 Å². The molecule has 0 spiro atoms. The van der Waals surface area contributed by atoms with Crippen molar-refractivity contribution in [2.75, 3.05) is 12.3 Å². The molecule has 6 N–H and O–H groups in total. The fourth-order valence-electron chi connectivity index (χ4n) is 1.04. The van der Waals surface area contributed by atoms with E-state index in [4.69, 9.17) is 16.9 Å². The predicted octanol–water partition coefficient (Wildman–Crippen LogP) is 0.0773. The molecule has 0 atom stereocenters. The minimum absolute atomic E-state index is 0.0728. The lowest BCUT2D eigenvalue weighted by atomic mass is 10.3. The highest BCUT2D eigenvalue weighted by atomic mass is 32.2. The summed E-state index contributed by atoms with van der Waals surface area (Å²) in [7, 11) is 0. The molecule has 0 saturated carbocycles. The van der Waals surface area contributed by atoms with Crippen molar-refractivity contribution in [2.45, 2.75) is 6.92 Å². The topological polar surface area (TPSA) is 147 Å². The van der Waals surface area contributed by atoms with Gasteiger partial charge in [-0.3, -0.25) is 15.0 Å². The van der Waals surface area contributed by atoms with Crippen molar-refractivity contribution in [1.29, 1.82) is 5.41 Å². The molecule has 1 aromatic rings. The van der Waals surface area contributed by atoms with Crippen LogP contribution in [0.4, 0.5) is 5.13 Å². The van der Waals surface area contributed by atoms with Crippen LogP contribution in [-0.2, 0) is 4.79 Å². The van der Waals surface area contributed by atoms with E-state index in [1.807, 2.05) is 0 Å². The molecule has 1 amide bonds. The maximum Gasteiger partial charge on any atom is 0.217 e. The second-order valence-electron chi connectivity index (χ2n) is 3.60. The number of hydrogen-bond acceptors (Lipinski definition) is 7. The number of nitrogens with one attached hydrogen (secondary N) is 2. The van der Waals surface area contributed by atoms with Gasteiger partial charge in [-0.1, -0.05) is 0 Å². The third-order valence-electron chi connectivity index (χ3n) is 1.88. The number of amides is 1.